The summed E-state index contributed by atoms with van der Waals surface area (Å²) in [5.41, 5.74) is 12.9. The van der Waals surface area contributed by atoms with Crippen LogP contribution in [0.2, 0.25) is 0 Å². The fourth-order valence-electron chi connectivity index (χ4n) is 4.63. The molecule has 0 bridgehead atoms. The van der Waals surface area contributed by atoms with E-state index in [9.17, 15) is 22.8 Å². The van der Waals surface area contributed by atoms with E-state index in [1.807, 2.05) is 12.1 Å². The summed E-state index contributed by atoms with van der Waals surface area (Å²) in [5, 5.41) is 7.87. The number of amides is 1. The fraction of sp³-hybridized carbons (Fsp3) is 0.481. The Morgan fingerprint density at radius 1 is 1.17 bits per heavy atom. The van der Waals surface area contributed by atoms with Gasteiger partial charge in [0.1, 0.15) is 12.4 Å². The number of benzene rings is 1. The SMILES string of the molecule is C[C@H](N)C(=O)O[C@@H](C)C(=O)N1CCC(CCn2c(Sc3cc4c(cc3Br)OCO4)nc3c(N)ncnc32)CC1.O=C(O)C(F)(F)F. The fourth-order valence-corrected chi connectivity index (χ4v) is 6.14. The zero-order valence-electron chi connectivity index (χ0n) is 24.6. The standard InChI is InChI=1S/C25H30BrN7O5S.C2HF3O2/c1-13(27)24(35)38-14(2)23(34)32-6-3-15(4-7-32)5-8-33-22-20(21(28)29-11-30-22)31-25(33)39-19-10-18-17(9-16(19)26)36-12-37-18;3-2(4,5)1(6)7/h9-11,13-15H,3-8,12,27H2,1-2H3,(H2,28,29,30);(H,6,7)/t13-,14-;/m0./s1. The van der Waals surface area contributed by atoms with Crippen molar-refractivity contribution in [1.82, 2.24) is 24.4 Å². The number of aryl methyl sites for hydroxylation is 1. The van der Waals surface area contributed by atoms with Gasteiger partial charge in [-0.3, -0.25) is 9.59 Å². The highest BCUT2D eigenvalue weighted by molar-refractivity contribution is 9.10. The predicted octanol–water partition coefficient (Wildman–Crippen LogP) is 3.59. The van der Waals surface area contributed by atoms with Crippen LogP contribution in [0.25, 0.3) is 11.2 Å². The number of alkyl halides is 3. The molecule has 0 aliphatic carbocycles. The third-order valence-corrected chi connectivity index (χ3v) is 9.07. The third kappa shape index (κ3) is 8.49. The van der Waals surface area contributed by atoms with Crippen LogP contribution in [0.4, 0.5) is 19.0 Å². The summed E-state index contributed by atoms with van der Waals surface area (Å²) in [6, 6.07) is 3.05. The Labute approximate surface area is 273 Å². The van der Waals surface area contributed by atoms with Crippen LogP contribution in [-0.4, -0.2) is 85.6 Å². The van der Waals surface area contributed by atoms with E-state index in [1.54, 1.807) is 11.8 Å². The molecular formula is C27H31BrF3N7O7S. The molecular weight excluding hydrogens is 703 g/mol. The molecule has 14 nitrogen and oxygen atoms in total. The minimum atomic E-state index is -5.08. The summed E-state index contributed by atoms with van der Waals surface area (Å²) < 4.78 is 50.9. The minimum Gasteiger partial charge on any atom is -0.475 e. The molecule has 46 heavy (non-hydrogen) atoms. The van der Waals surface area contributed by atoms with Gasteiger partial charge in [-0.2, -0.15) is 13.2 Å². The number of ether oxygens (including phenoxy) is 3. The van der Waals surface area contributed by atoms with Crippen molar-refractivity contribution in [2.24, 2.45) is 11.7 Å². The molecule has 1 saturated heterocycles. The zero-order valence-corrected chi connectivity index (χ0v) is 27.0. The van der Waals surface area contributed by atoms with Gasteiger partial charge in [0.15, 0.2) is 39.7 Å². The molecule has 0 unspecified atom stereocenters. The number of hydrogen-bond acceptors (Lipinski definition) is 12. The number of likely N-dealkylation sites (tertiary alicyclic amines) is 1. The number of aromatic nitrogens is 4. The van der Waals surface area contributed by atoms with Gasteiger partial charge in [0, 0.05) is 29.0 Å². The van der Waals surface area contributed by atoms with Gasteiger partial charge in [0.25, 0.3) is 5.91 Å². The normalized spacial score (nSPS) is 16.0. The molecule has 1 amide bonds. The van der Waals surface area contributed by atoms with Crippen molar-refractivity contribution in [2.45, 2.75) is 68.0 Å². The van der Waals surface area contributed by atoms with Crippen molar-refractivity contribution in [3.8, 4) is 11.5 Å². The van der Waals surface area contributed by atoms with Gasteiger partial charge < -0.3 is 40.3 Å². The molecule has 2 atom stereocenters. The lowest BCUT2D eigenvalue weighted by atomic mass is 9.93. The molecule has 0 saturated carbocycles. The molecule has 1 fully saturated rings. The van der Waals surface area contributed by atoms with Crippen LogP contribution in [0.5, 0.6) is 11.5 Å². The van der Waals surface area contributed by atoms with Gasteiger partial charge in [-0.25, -0.2) is 19.7 Å². The Morgan fingerprint density at radius 2 is 1.80 bits per heavy atom. The quantitative estimate of drug-likeness (QED) is 0.284. The number of esters is 1. The summed E-state index contributed by atoms with van der Waals surface area (Å²) in [6.07, 6.45) is -1.91. The van der Waals surface area contributed by atoms with Crippen LogP contribution in [0.3, 0.4) is 0 Å². The number of hydrogen-bond donors (Lipinski definition) is 3. The van der Waals surface area contributed by atoms with E-state index in [0.29, 0.717) is 54.0 Å². The van der Waals surface area contributed by atoms with E-state index < -0.39 is 30.3 Å². The van der Waals surface area contributed by atoms with Gasteiger partial charge in [0.05, 0.1) is 0 Å². The highest BCUT2D eigenvalue weighted by Crippen LogP contribution is 2.43. The van der Waals surface area contributed by atoms with Gasteiger partial charge in [-0.05, 0) is 67.1 Å². The van der Waals surface area contributed by atoms with E-state index in [1.165, 1.54) is 25.0 Å². The molecule has 250 valence electrons. The first kappa shape index (κ1) is 35.0. The molecule has 2 aliphatic heterocycles. The Balaban J connectivity index is 0.000000617. The average molecular weight is 735 g/mol. The first-order valence-electron chi connectivity index (χ1n) is 13.9. The molecule has 4 heterocycles. The largest absolute Gasteiger partial charge is 0.490 e. The number of anilines is 1. The van der Waals surface area contributed by atoms with E-state index >= 15 is 0 Å². The van der Waals surface area contributed by atoms with Crippen molar-refractivity contribution >= 4 is 62.5 Å². The van der Waals surface area contributed by atoms with Gasteiger partial charge in [-0.15, -0.1) is 0 Å². The Morgan fingerprint density at radius 3 is 2.41 bits per heavy atom. The molecule has 1 aromatic carbocycles. The maximum Gasteiger partial charge on any atom is 0.490 e. The maximum atomic E-state index is 12.7. The predicted molar refractivity (Wildman–Crippen MR) is 161 cm³/mol. The monoisotopic (exact) mass is 733 g/mol. The summed E-state index contributed by atoms with van der Waals surface area (Å²) in [4.78, 5) is 49.4. The van der Waals surface area contributed by atoms with Crippen LogP contribution >= 0.6 is 27.7 Å². The maximum absolute atomic E-state index is 12.7. The number of carbonyl (C=O) groups is 3. The number of halogens is 4. The van der Waals surface area contributed by atoms with Crippen LogP contribution in [0.15, 0.2) is 33.0 Å². The molecule has 5 rings (SSSR count). The van der Waals surface area contributed by atoms with Crippen molar-refractivity contribution in [3.63, 3.8) is 0 Å². The van der Waals surface area contributed by atoms with Crippen LogP contribution in [0, 0.1) is 5.92 Å². The highest BCUT2D eigenvalue weighted by atomic mass is 79.9. The number of nitrogen functional groups attached to an aromatic ring is 1. The Hall–Kier alpha value is -3.84. The Bertz CT molecular complexity index is 1600. The second kappa shape index (κ2) is 14.7. The number of nitrogens with two attached hydrogens (primary N) is 2. The number of rotatable bonds is 8. The molecule has 5 N–H and O–H groups in total. The average Bonchev–Trinajstić information content (AvgIpc) is 3.60. The number of carboxylic acid groups (broad SMARTS) is 1. The minimum absolute atomic E-state index is 0.191. The number of piperidine rings is 1. The number of carboxylic acids is 1. The van der Waals surface area contributed by atoms with Gasteiger partial charge >= 0.3 is 18.1 Å². The Kier molecular flexibility index (Phi) is 11.2. The van der Waals surface area contributed by atoms with E-state index in [-0.39, 0.29) is 12.7 Å². The number of fused-ring (bicyclic) bond motifs is 2. The summed E-state index contributed by atoms with van der Waals surface area (Å²) >= 11 is 5.11. The lowest BCUT2D eigenvalue weighted by Gasteiger charge is -2.33. The highest BCUT2D eigenvalue weighted by Gasteiger charge is 2.38. The van der Waals surface area contributed by atoms with Crippen LogP contribution in [-0.2, 0) is 25.7 Å². The van der Waals surface area contributed by atoms with E-state index in [2.05, 4.69) is 30.5 Å². The van der Waals surface area contributed by atoms with Gasteiger partial charge in [0.2, 0.25) is 6.79 Å². The van der Waals surface area contributed by atoms with E-state index in [0.717, 1.165) is 33.8 Å². The van der Waals surface area contributed by atoms with Crippen molar-refractivity contribution < 1.29 is 46.9 Å². The van der Waals surface area contributed by atoms with E-state index in [4.69, 9.17) is 40.6 Å². The topological polar surface area (TPSA) is 198 Å². The number of aliphatic carboxylic acids is 1. The molecule has 0 spiro atoms. The van der Waals surface area contributed by atoms with Crippen LogP contribution < -0.4 is 20.9 Å². The van der Waals surface area contributed by atoms with Crippen molar-refractivity contribution in [1.29, 1.82) is 0 Å². The third-order valence-electron chi connectivity index (χ3n) is 7.10. The second-order valence-corrected chi connectivity index (χ2v) is 12.3. The van der Waals surface area contributed by atoms with Crippen molar-refractivity contribution in [3.05, 3.63) is 22.9 Å². The molecule has 19 heteroatoms. The summed E-state index contributed by atoms with van der Waals surface area (Å²) in [6.45, 7) is 5.21. The molecule has 3 aromatic rings. The zero-order chi connectivity index (χ0) is 33.8. The summed E-state index contributed by atoms with van der Waals surface area (Å²) in [5.74, 6) is -1.41. The lowest BCUT2D eigenvalue weighted by molar-refractivity contribution is -0.192. The lowest BCUT2D eigenvalue weighted by Crippen LogP contribution is -2.45. The molecule has 2 aromatic heterocycles. The molecule has 0 radical (unpaired) electrons. The summed E-state index contributed by atoms with van der Waals surface area (Å²) in [7, 11) is 0. The smallest absolute Gasteiger partial charge is 0.475 e. The van der Waals surface area contributed by atoms with Crippen molar-refractivity contribution in [2.75, 3.05) is 25.6 Å². The van der Waals surface area contributed by atoms with Gasteiger partial charge in [-0.1, -0.05) is 11.8 Å². The number of nitrogens with zero attached hydrogens (tertiary/aromatic N) is 5. The second-order valence-electron chi connectivity index (χ2n) is 10.4. The number of carbonyl (C=O) groups excluding carboxylic acids is 2. The first-order chi connectivity index (χ1) is 21.6. The first-order valence-corrected chi connectivity index (χ1v) is 15.5. The molecule has 2 aliphatic rings. The number of imidazole rings is 1. The van der Waals surface area contributed by atoms with Crippen LogP contribution in [0.1, 0.15) is 33.1 Å².